The second-order valence-electron chi connectivity index (χ2n) is 9.41. The van der Waals surface area contributed by atoms with E-state index in [0.29, 0.717) is 41.7 Å². The Morgan fingerprint density at radius 3 is 2.82 bits per heavy atom. The van der Waals surface area contributed by atoms with Gasteiger partial charge in [-0.1, -0.05) is 11.6 Å². The van der Waals surface area contributed by atoms with Crippen molar-refractivity contribution in [1.29, 1.82) is 0 Å². The Morgan fingerprint density at radius 1 is 1.06 bits per heavy atom. The molecular weight excluding hydrogens is 430 g/mol. The topological polar surface area (TPSA) is 102 Å². The Balaban J connectivity index is 1.28. The molecule has 172 valence electrons. The van der Waals surface area contributed by atoms with E-state index >= 15 is 0 Å². The third-order valence-electron chi connectivity index (χ3n) is 7.26. The van der Waals surface area contributed by atoms with Gasteiger partial charge in [-0.2, -0.15) is 0 Å². The fourth-order valence-electron chi connectivity index (χ4n) is 5.57. The van der Waals surface area contributed by atoms with Gasteiger partial charge in [-0.3, -0.25) is 19.4 Å². The van der Waals surface area contributed by atoms with E-state index in [4.69, 9.17) is 0 Å². The summed E-state index contributed by atoms with van der Waals surface area (Å²) in [7, 11) is 0. The first kappa shape index (κ1) is 20.7. The Morgan fingerprint density at radius 2 is 1.94 bits per heavy atom. The monoisotopic (exact) mass is 455 g/mol. The first-order chi connectivity index (χ1) is 16.5. The number of aryl methyl sites for hydroxylation is 1. The van der Waals surface area contributed by atoms with Gasteiger partial charge in [0, 0.05) is 54.5 Å². The lowest BCUT2D eigenvalue weighted by Gasteiger charge is -2.36. The number of piperidine rings is 1. The van der Waals surface area contributed by atoms with Crippen LogP contribution in [0.1, 0.15) is 39.3 Å². The van der Waals surface area contributed by atoms with Gasteiger partial charge in [0.1, 0.15) is 5.69 Å². The van der Waals surface area contributed by atoms with Gasteiger partial charge in [-0.15, -0.1) is 0 Å². The van der Waals surface area contributed by atoms with Crippen molar-refractivity contribution in [2.75, 3.05) is 19.6 Å². The van der Waals surface area contributed by atoms with Crippen molar-refractivity contribution < 1.29 is 9.59 Å². The lowest BCUT2D eigenvalue weighted by atomic mass is 9.92. The number of nitrogens with zero attached hydrogens (tertiary/aromatic N) is 3. The number of hydrogen-bond acceptors (Lipinski definition) is 4. The molecule has 8 heteroatoms. The third kappa shape index (κ3) is 3.29. The number of hydrogen-bond donors (Lipinski definition) is 2. The molecule has 34 heavy (non-hydrogen) atoms. The van der Waals surface area contributed by atoms with E-state index in [1.54, 1.807) is 12.3 Å². The summed E-state index contributed by atoms with van der Waals surface area (Å²) < 4.78 is 0. The normalized spacial score (nSPS) is 20.1. The van der Waals surface area contributed by atoms with E-state index in [0.717, 1.165) is 29.3 Å². The SMILES string of the molecule is Cc1ccc2[nH]c(C(=O)N3CCC[C@H]4CN(C(=O)c5cncc6c(=O)[nH]ccc56)C[C@H]43)cc2c1. The highest BCUT2D eigenvalue weighted by Gasteiger charge is 2.43. The zero-order valence-corrected chi connectivity index (χ0v) is 18.9. The predicted molar refractivity (Wildman–Crippen MR) is 129 cm³/mol. The van der Waals surface area contributed by atoms with Crippen LogP contribution in [0, 0.1) is 12.8 Å². The molecule has 2 amide bonds. The molecule has 8 nitrogen and oxygen atoms in total. The Kier molecular flexibility index (Phi) is 4.76. The maximum atomic E-state index is 13.5. The number of carbonyl (C=O) groups excluding carboxylic acids is 2. The molecule has 2 aliphatic heterocycles. The summed E-state index contributed by atoms with van der Waals surface area (Å²) >= 11 is 0. The van der Waals surface area contributed by atoms with Gasteiger partial charge in [0.15, 0.2) is 0 Å². The predicted octanol–water partition coefficient (Wildman–Crippen LogP) is 3.09. The van der Waals surface area contributed by atoms with Crippen molar-refractivity contribution >= 4 is 33.5 Å². The van der Waals surface area contributed by atoms with Gasteiger partial charge < -0.3 is 19.8 Å². The van der Waals surface area contributed by atoms with Crippen LogP contribution in [0.2, 0.25) is 0 Å². The van der Waals surface area contributed by atoms with E-state index in [9.17, 15) is 14.4 Å². The number of rotatable bonds is 2. The van der Waals surface area contributed by atoms with Crippen LogP contribution < -0.4 is 5.56 Å². The third-order valence-corrected chi connectivity index (χ3v) is 7.26. The highest BCUT2D eigenvalue weighted by atomic mass is 16.2. The number of nitrogens with one attached hydrogen (secondary N) is 2. The molecule has 4 aromatic rings. The molecule has 2 fully saturated rings. The van der Waals surface area contributed by atoms with Crippen LogP contribution in [0.4, 0.5) is 0 Å². The molecule has 6 rings (SSSR count). The van der Waals surface area contributed by atoms with Gasteiger partial charge in [0.25, 0.3) is 17.4 Å². The number of aromatic nitrogens is 3. The molecule has 0 spiro atoms. The number of fused-ring (bicyclic) bond motifs is 3. The van der Waals surface area contributed by atoms with E-state index in [2.05, 4.69) is 21.0 Å². The minimum absolute atomic E-state index is 0.0174. The van der Waals surface area contributed by atoms with Crippen LogP contribution >= 0.6 is 0 Å². The highest BCUT2D eigenvalue weighted by molar-refractivity contribution is 6.06. The first-order valence-electron chi connectivity index (χ1n) is 11.6. The second-order valence-corrected chi connectivity index (χ2v) is 9.41. The smallest absolute Gasteiger partial charge is 0.270 e. The van der Waals surface area contributed by atoms with Crippen molar-refractivity contribution in [2.24, 2.45) is 5.92 Å². The van der Waals surface area contributed by atoms with Crippen molar-refractivity contribution in [3.8, 4) is 0 Å². The van der Waals surface area contributed by atoms with Crippen LogP contribution in [0.15, 0.2) is 53.7 Å². The van der Waals surface area contributed by atoms with E-state index in [1.165, 1.54) is 12.4 Å². The fraction of sp³-hybridized carbons (Fsp3) is 0.308. The Hall–Kier alpha value is -3.94. The molecule has 1 aromatic carbocycles. The van der Waals surface area contributed by atoms with Crippen LogP contribution in [0.5, 0.6) is 0 Å². The molecular formula is C26H25N5O3. The fourth-order valence-corrected chi connectivity index (χ4v) is 5.57. The number of amides is 2. The van der Waals surface area contributed by atoms with Gasteiger partial charge in [-0.05, 0) is 49.9 Å². The number of likely N-dealkylation sites (tertiary alicyclic amines) is 2. The number of pyridine rings is 2. The number of carbonyl (C=O) groups is 2. The summed E-state index contributed by atoms with van der Waals surface area (Å²) in [5.74, 6) is 0.0717. The number of H-pyrrole nitrogens is 2. The summed E-state index contributed by atoms with van der Waals surface area (Å²) in [6.45, 7) is 3.80. The number of aromatic amines is 2. The second kappa shape index (κ2) is 7.83. The minimum atomic E-state index is -0.264. The molecule has 2 aliphatic rings. The minimum Gasteiger partial charge on any atom is -0.351 e. The summed E-state index contributed by atoms with van der Waals surface area (Å²) in [5.41, 5.74) is 2.84. The molecule has 2 N–H and O–H groups in total. The highest BCUT2D eigenvalue weighted by Crippen LogP contribution is 2.33. The average Bonchev–Trinajstić information content (AvgIpc) is 3.47. The van der Waals surface area contributed by atoms with E-state index < -0.39 is 0 Å². The zero-order valence-electron chi connectivity index (χ0n) is 18.9. The van der Waals surface area contributed by atoms with Crippen LogP contribution in [-0.2, 0) is 0 Å². The summed E-state index contributed by atoms with van der Waals surface area (Å²) in [4.78, 5) is 52.9. The molecule has 3 aromatic heterocycles. The van der Waals surface area contributed by atoms with Crippen molar-refractivity contribution in [1.82, 2.24) is 24.8 Å². The quantitative estimate of drug-likeness (QED) is 0.485. The van der Waals surface area contributed by atoms with Gasteiger partial charge in [-0.25, -0.2) is 0 Å². The van der Waals surface area contributed by atoms with Crippen LogP contribution in [0.3, 0.4) is 0 Å². The number of benzene rings is 1. The lowest BCUT2D eigenvalue weighted by molar-refractivity contribution is 0.0559. The van der Waals surface area contributed by atoms with Gasteiger partial charge >= 0.3 is 0 Å². The summed E-state index contributed by atoms with van der Waals surface area (Å²) in [6, 6.07) is 9.74. The Bertz CT molecular complexity index is 1500. The van der Waals surface area contributed by atoms with Crippen LogP contribution in [0.25, 0.3) is 21.7 Å². The molecule has 0 aliphatic carbocycles. The molecule has 5 heterocycles. The van der Waals surface area contributed by atoms with E-state index in [1.807, 2.05) is 34.9 Å². The van der Waals surface area contributed by atoms with Crippen molar-refractivity contribution in [2.45, 2.75) is 25.8 Å². The zero-order chi connectivity index (χ0) is 23.4. The maximum absolute atomic E-state index is 13.5. The summed E-state index contributed by atoms with van der Waals surface area (Å²) in [5, 5.41) is 2.02. The molecule has 0 bridgehead atoms. The molecule has 2 saturated heterocycles. The standard InChI is InChI=1S/C26H25N5O3/c1-15-4-5-21-17(9-15)10-22(29-21)26(34)31-8-2-3-16-13-30(14-23(16)31)25(33)20-12-27-11-19-18(20)6-7-28-24(19)32/h4-7,9-12,16,23,29H,2-3,8,13-14H2,1H3,(H,28,32)/t16-,23+/m0/s1. The average molecular weight is 456 g/mol. The molecule has 0 radical (unpaired) electrons. The van der Waals surface area contributed by atoms with Crippen molar-refractivity contribution in [3.05, 3.63) is 76.1 Å². The molecule has 0 unspecified atom stereocenters. The van der Waals surface area contributed by atoms with E-state index in [-0.39, 0.29) is 29.3 Å². The summed E-state index contributed by atoms with van der Waals surface area (Å²) in [6.07, 6.45) is 6.46. The Labute approximate surface area is 195 Å². The lowest BCUT2D eigenvalue weighted by Crippen LogP contribution is -2.48. The maximum Gasteiger partial charge on any atom is 0.270 e. The molecule has 0 saturated carbocycles. The first-order valence-corrected chi connectivity index (χ1v) is 11.6. The molecule has 2 atom stereocenters. The largest absolute Gasteiger partial charge is 0.351 e. The van der Waals surface area contributed by atoms with Gasteiger partial charge in [0.2, 0.25) is 0 Å². The van der Waals surface area contributed by atoms with Crippen LogP contribution in [-0.4, -0.2) is 62.2 Å². The van der Waals surface area contributed by atoms with Gasteiger partial charge in [0.05, 0.1) is 17.0 Å². The van der Waals surface area contributed by atoms with Crippen molar-refractivity contribution in [3.63, 3.8) is 0 Å².